The van der Waals surface area contributed by atoms with Crippen LogP contribution in [0.4, 0.5) is 0 Å². The molecule has 89 valence electrons. The zero-order chi connectivity index (χ0) is 12.7. The van der Waals surface area contributed by atoms with Crippen LogP contribution in [0.2, 0.25) is 0 Å². The molecule has 0 saturated heterocycles. The van der Waals surface area contributed by atoms with Crippen molar-refractivity contribution in [1.29, 1.82) is 0 Å². The van der Waals surface area contributed by atoms with Crippen LogP contribution in [0.5, 0.6) is 0 Å². The number of benzene rings is 2. The number of para-hydroxylation sites is 2. The monoisotopic (exact) mass is 245 g/mol. The predicted octanol–water partition coefficient (Wildman–Crippen LogP) is 2.77. The van der Waals surface area contributed by atoms with Crippen LogP contribution in [0, 0.1) is 6.07 Å². The molecule has 0 aliphatic carbocycles. The highest BCUT2D eigenvalue weighted by molar-refractivity contribution is 6.08. The minimum Gasteiger partial charge on any atom is -0.292 e. The standard InChI is InChI=1S/C15H9N4/c1-3-7-13-11(5-1)12-6-2-4-8-14(12)19(13)15-9-10-16-18-17-15/h1-7,9-10H. The number of hydrogen-bond donors (Lipinski definition) is 0. The summed E-state index contributed by atoms with van der Waals surface area (Å²) in [5.74, 6) is 0.753. The average Bonchev–Trinajstić information content (AvgIpc) is 2.83. The van der Waals surface area contributed by atoms with Crippen LogP contribution < -0.4 is 0 Å². The van der Waals surface area contributed by atoms with Crippen molar-refractivity contribution in [2.45, 2.75) is 0 Å². The Morgan fingerprint density at radius 2 is 1.84 bits per heavy atom. The maximum absolute atomic E-state index is 4.10. The molecule has 19 heavy (non-hydrogen) atoms. The Balaban J connectivity index is 2.24. The van der Waals surface area contributed by atoms with Gasteiger partial charge in [-0.1, -0.05) is 36.4 Å². The van der Waals surface area contributed by atoms with Crippen molar-refractivity contribution < 1.29 is 0 Å². The highest BCUT2D eigenvalue weighted by atomic mass is 15.3. The fourth-order valence-electron chi connectivity index (χ4n) is 2.44. The van der Waals surface area contributed by atoms with Crippen molar-refractivity contribution in [3.8, 4) is 5.82 Å². The molecule has 4 aromatic rings. The molecule has 4 rings (SSSR count). The van der Waals surface area contributed by atoms with Crippen LogP contribution in [0.3, 0.4) is 0 Å². The first-order valence-electron chi connectivity index (χ1n) is 6.00. The summed E-state index contributed by atoms with van der Waals surface area (Å²) in [6.45, 7) is 0. The molecule has 0 aliphatic rings. The number of nitrogens with zero attached hydrogens (tertiary/aromatic N) is 4. The summed E-state index contributed by atoms with van der Waals surface area (Å²) in [7, 11) is 0. The molecule has 2 aromatic carbocycles. The quantitative estimate of drug-likeness (QED) is 0.518. The Morgan fingerprint density at radius 1 is 0.947 bits per heavy atom. The zero-order valence-electron chi connectivity index (χ0n) is 9.99. The van der Waals surface area contributed by atoms with Crippen molar-refractivity contribution in [2.24, 2.45) is 0 Å². The Bertz CT molecular complexity index is 812. The second-order valence-electron chi connectivity index (χ2n) is 4.26. The van der Waals surface area contributed by atoms with Gasteiger partial charge in [0, 0.05) is 22.9 Å². The molecule has 0 bridgehead atoms. The summed E-state index contributed by atoms with van der Waals surface area (Å²) in [4.78, 5) is 0. The van der Waals surface area contributed by atoms with Crippen LogP contribution in [-0.4, -0.2) is 20.0 Å². The normalized spacial score (nSPS) is 11.2. The van der Waals surface area contributed by atoms with Gasteiger partial charge in [0.15, 0.2) is 5.82 Å². The van der Waals surface area contributed by atoms with Crippen LogP contribution >= 0.6 is 0 Å². The van der Waals surface area contributed by atoms with Crippen LogP contribution in [-0.2, 0) is 0 Å². The molecule has 0 N–H and O–H groups in total. The molecule has 2 heterocycles. The molecule has 4 nitrogen and oxygen atoms in total. The van der Waals surface area contributed by atoms with Crippen molar-refractivity contribution in [1.82, 2.24) is 20.0 Å². The van der Waals surface area contributed by atoms with Gasteiger partial charge < -0.3 is 0 Å². The molecule has 0 amide bonds. The Kier molecular flexibility index (Phi) is 2.08. The van der Waals surface area contributed by atoms with Gasteiger partial charge in [-0.15, -0.1) is 10.2 Å². The minimum absolute atomic E-state index is 0.753. The van der Waals surface area contributed by atoms with Gasteiger partial charge in [0.1, 0.15) is 0 Å². The molecule has 0 aliphatic heterocycles. The highest BCUT2D eigenvalue weighted by Gasteiger charge is 2.11. The second kappa shape index (κ2) is 3.88. The van der Waals surface area contributed by atoms with Crippen molar-refractivity contribution in [3.05, 3.63) is 60.8 Å². The maximum atomic E-state index is 4.10. The van der Waals surface area contributed by atoms with Gasteiger partial charge in [-0.25, -0.2) is 0 Å². The van der Waals surface area contributed by atoms with Crippen LogP contribution in [0.25, 0.3) is 27.6 Å². The SMILES string of the molecule is [c]1cccc2c3ccccc3n(-c3ccnnn3)c12. The summed E-state index contributed by atoms with van der Waals surface area (Å²) in [6.07, 6.45) is 1.64. The summed E-state index contributed by atoms with van der Waals surface area (Å²) in [5.41, 5.74) is 2.10. The minimum atomic E-state index is 0.753. The average molecular weight is 245 g/mol. The number of fused-ring (bicyclic) bond motifs is 3. The lowest BCUT2D eigenvalue weighted by molar-refractivity contribution is 0.834. The lowest BCUT2D eigenvalue weighted by Gasteiger charge is -2.03. The van der Waals surface area contributed by atoms with E-state index >= 15 is 0 Å². The van der Waals surface area contributed by atoms with Crippen molar-refractivity contribution in [3.63, 3.8) is 0 Å². The molecule has 2 aromatic heterocycles. The summed E-state index contributed by atoms with van der Waals surface area (Å²) < 4.78 is 2.05. The fraction of sp³-hybridized carbons (Fsp3) is 0. The number of hydrogen-bond acceptors (Lipinski definition) is 3. The third kappa shape index (κ3) is 1.43. The fourth-order valence-corrected chi connectivity index (χ4v) is 2.44. The van der Waals surface area contributed by atoms with E-state index in [4.69, 9.17) is 0 Å². The van der Waals surface area contributed by atoms with E-state index in [0.717, 1.165) is 22.2 Å². The van der Waals surface area contributed by atoms with E-state index in [1.54, 1.807) is 6.20 Å². The Labute approximate surface area is 109 Å². The second-order valence-corrected chi connectivity index (χ2v) is 4.26. The first kappa shape index (κ1) is 10.2. The van der Waals surface area contributed by atoms with E-state index in [1.165, 1.54) is 5.39 Å². The molecule has 0 atom stereocenters. The molecular weight excluding hydrogens is 236 g/mol. The van der Waals surface area contributed by atoms with Gasteiger partial charge in [0.25, 0.3) is 0 Å². The molecule has 1 radical (unpaired) electrons. The molecular formula is C15H9N4. The van der Waals surface area contributed by atoms with Gasteiger partial charge in [-0.05, 0) is 11.3 Å². The predicted molar refractivity (Wildman–Crippen MR) is 73.0 cm³/mol. The van der Waals surface area contributed by atoms with Crippen LogP contribution in [0.15, 0.2) is 54.7 Å². The van der Waals surface area contributed by atoms with E-state index in [-0.39, 0.29) is 0 Å². The zero-order valence-corrected chi connectivity index (χ0v) is 9.99. The van der Waals surface area contributed by atoms with E-state index < -0.39 is 0 Å². The van der Waals surface area contributed by atoms with E-state index in [2.05, 4.69) is 44.2 Å². The van der Waals surface area contributed by atoms with E-state index in [9.17, 15) is 0 Å². The maximum Gasteiger partial charge on any atom is 0.163 e. The third-order valence-electron chi connectivity index (χ3n) is 3.21. The van der Waals surface area contributed by atoms with E-state index in [1.807, 2.05) is 30.3 Å². The third-order valence-corrected chi connectivity index (χ3v) is 3.21. The van der Waals surface area contributed by atoms with Gasteiger partial charge in [0.2, 0.25) is 0 Å². The Morgan fingerprint density at radius 3 is 2.74 bits per heavy atom. The lowest BCUT2D eigenvalue weighted by atomic mass is 10.2. The van der Waals surface area contributed by atoms with Gasteiger partial charge in [0.05, 0.1) is 17.2 Å². The molecule has 0 spiro atoms. The molecule has 0 fully saturated rings. The first-order chi connectivity index (χ1) is 9.45. The van der Waals surface area contributed by atoms with E-state index in [0.29, 0.717) is 0 Å². The van der Waals surface area contributed by atoms with Crippen molar-refractivity contribution >= 4 is 21.8 Å². The Hall–Kier alpha value is -2.75. The smallest absolute Gasteiger partial charge is 0.163 e. The first-order valence-corrected chi connectivity index (χ1v) is 6.00. The number of rotatable bonds is 1. The van der Waals surface area contributed by atoms with Gasteiger partial charge >= 0.3 is 0 Å². The summed E-state index contributed by atoms with van der Waals surface area (Å²) in [6, 6.07) is 19.4. The molecule has 0 unspecified atom stereocenters. The van der Waals surface area contributed by atoms with Crippen LogP contribution in [0.1, 0.15) is 0 Å². The molecule has 0 saturated carbocycles. The summed E-state index contributed by atoms with van der Waals surface area (Å²) >= 11 is 0. The topological polar surface area (TPSA) is 43.6 Å². The highest BCUT2D eigenvalue weighted by Crippen LogP contribution is 2.30. The van der Waals surface area contributed by atoms with Gasteiger partial charge in [-0.3, -0.25) is 4.57 Å². The van der Waals surface area contributed by atoms with Gasteiger partial charge in [-0.2, -0.15) is 0 Å². The number of aromatic nitrogens is 4. The lowest BCUT2D eigenvalue weighted by Crippen LogP contribution is -1.99. The largest absolute Gasteiger partial charge is 0.292 e. The van der Waals surface area contributed by atoms with Crippen molar-refractivity contribution in [2.75, 3.05) is 0 Å². The summed E-state index contributed by atoms with van der Waals surface area (Å²) in [5, 5.41) is 13.9. The molecule has 4 heteroatoms.